The Labute approximate surface area is 107 Å². The maximum Gasteiger partial charge on any atom is 0.107 e. The molecule has 90 valence electrons. The second-order valence-corrected chi connectivity index (χ2v) is 4.81. The number of alkyl halides is 1. The molecular weight excluding hydrogens is 232 g/mol. The van der Waals surface area contributed by atoms with Crippen LogP contribution in [0.25, 0.3) is 11.3 Å². The molecule has 1 heterocycles. The van der Waals surface area contributed by atoms with Gasteiger partial charge in [-0.25, -0.2) is 4.98 Å². The summed E-state index contributed by atoms with van der Waals surface area (Å²) in [5.41, 5.74) is 6.20. The summed E-state index contributed by atoms with van der Waals surface area (Å²) in [6.45, 7) is 6.40. The highest BCUT2D eigenvalue weighted by atomic mass is 35.5. The van der Waals surface area contributed by atoms with Gasteiger partial charge < -0.3 is 4.98 Å². The van der Waals surface area contributed by atoms with Gasteiger partial charge in [0.1, 0.15) is 5.82 Å². The van der Waals surface area contributed by atoms with Gasteiger partial charge in [-0.1, -0.05) is 6.07 Å². The van der Waals surface area contributed by atoms with Crippen molar-refractivity contribution in [1.29, 1.82) is 0 Å². The van der Waals surface area contributed by atoms with Crippen molar-refractivity contribution in [1.82, 2.24) is 9.97 Å². The van der Waals surface area contributed by atoms with Crippen molar-refractivity contribution < 1.29 is 0 Å². The average Bonchev–Trinajstić information content (AvgIpc) is 2.72. The summed E-state index contributed by atoms with van der Waals surface area (Å²) in [5.74, 6) is 1.55. The molecule has 0 saturated carbocycles. The summed E-state index contributed by atoms with van der Waals surface area (Å²) in [7, 11) is 0. The minimum absolute atomic E-state index is 0.596. The molecule has 0 aliphatic rings. The van der Waals surface area contributed by atoms with E-state index in [1.54, 1.807) is 0 Å². The van der Waals surface area contributed by atoms with E-state index < -0.39 is 0 Å². The first kappa shape index (κ1) is 12.2. The van der Waals surface area contributed by atoms with E-state index in [9.17, 15) is 0 Å². The highest BCUT2D eigenvalue weighted by Crippen LogP contribution is 2.25. The minimum Gasteiger partial charge on any atom is -0.342 e. The van der Waals surface area contributed by atoms with Gasteiger partial charge in [0.2, 0.25) is 0 Å². The second kappa shape index (κ2) is 4.92. The average molecular weight is 249 g/mol. The number of aromatic nitrogens is 2. The molecule has 0 spiro atoms. The molecule has 0 aliphatic heterocycles. The van der Waals surface area contributed by atoms with Crippen LogP contribution < -0.4 is 0 Å². The Kier molecular flexibility index (Phi) is 3.53. The third-order valence-electron chi connectivity index (χ3n) is 3.09. The fraction of sp³-hybridized carbons (Fsp3) is 0.357. The summed E-state index contributed by atoms with van der Waals surface area (Å²) in [5, 5.41) is 0. The largest absolute Gasteiger partial charge is 0.342 e. The van der Waals surface area contributed by atoms with Gasteiger partial charge in [-0.15, -0.1) is 11.6 Å². The number of hydrogen-bond donors (Lipinski definition) is 1. The number of hydrogen-bond acceptors (Lipinski definition) is 1. The Morgan fingerprint density at radius 1 is 1.12 bits per heavy atom. The first-order valence-electron chi connectivity index (χ1n) is 5.80. The zero-order chi connectivity index (χ0) is 12.4. The third-order valence-corrected chi connectivity index (χ3v) is 3.28. The molecule has 2 aromatic rings. The molecule has 1 aromatic carbocycles. The van der Waals surface area contributed by atoms with E-state index in [-0.39, 0.29) is 0 Å². The van der Waals surface area contributed by atoms with Crippen molar-refractivity contribution in [3.8, 4) is 11.3 Å². The van der Waals surface area contributed by atoms with Crippen LogP contribution in [0.3, 0.4) is 0 Å². The van der Waals surface area contributed by atoms with Gasteiger partial charge in [0.15, 0.2) is 0 Å². The van der Waals surface area contributed by atoms with Crippen molar-refractivity contribution in [3.05, 3.63) is 40.8 Å². The molecule has 0 amide bonds. The maximum atomic E-state index is 5.71. The molecule has 1 aromatic heterocycles. The van der Waals surface area contributed by atoms with Crippen LogP contribution in [0.5, 0.6) is 0 Å². The van der Waals surface area contributed by atoms with Crippen molar-refractivity contribution in [2.75, 3.05) is 5.88 Å². The molecule has 0 aliphatic carbocycles. The molecule has 1 N–H and O–H groups in total. The molecule has 2 rings (SSSR count). The van der Waals surface area contributed by atoms with Gasteiger partial charge in [-0.3, -0.25) is 0 Å². The number of nitrogens with zero attached hydrogens (tertiary/aromatic N) is 1. The maximum absolute atomic E-state index is 5.71. The van der Waals surface area contributed by atoms with Gasteiger partial charge >= 0.3 is 0 Å². The number of halogens is 1. The Balaban J connectivity index is 2.41. The van der Waals surface area contributed by atoms with Gasteiger partial charge in [0.05, 0.1) is 11.9 Å². The minimum atomic E-state index is 0.596. The normalized spacial score (nSPS) is 10.8. The van der Waals surface area contributed by atoms with Gasteiger partial charge in [-0.2, -0.15) is 0 Å². The first-order valence-corrected chi connectivity index (χ1v) is 6.33. The SMILES string of the molecule is Cc1cc(C)c(-c2cnc(CCCl)[nH]2)cc1C. The van der Waals surface area contributed by atoms with E-state index in [1.165, 1.54) is 22.3 Å². The van der Waals surface area contributed by atoms with Crippen LogP contribution in [0.1, 0.15) is 22.5 Å². The first-order chi connectivity index (χ1) is 8.11. The predicted octanol–water partition coefficient (Wildman–Crippen LogP) is 3.78. The Bertz CT molecular complexity index is 529. The number of rotatable bonds is 3. The van der Waals surface area contributed by atoms with E-state index in [0.717, 1.165) is 17.9 Å². The summed E-state index contributed by atoms with van der Waals surface area (Å²) in [6.07, 6.45) is 2.67. The van der Waals surface area contributed by atoms with Crippen molar-refractivity contribution in [2.24, 2.45) is 0 Å². The molecular formula is C14H17ClN2. The van der Waals surface area contributed by atoms with Crippen molar-refractivity contribution in [2.45, 2.75) is 27.2 Å². The van der Waals surface area contributed by atoms with Crippen LogP contribution in [-0.2, 0) is 6.42 Å². The lowest BCUT2D eigenvalue weighted by Gasteiger charge is -2.07. The number of aromatic amines is 1. The smallest absolute Gasteiger partial charge is 0.107 e. The Morgan fingerprint density at radius 2 is 1.82 bits per heavy atom. The molecule has 0 unspecified atom stereocenters. The zero-order valence-corrected chi connectivity index (χ0v) is 11.2. The van der Waals surface area contributed by atoms with Gasteiger partial charge in [-0.05, 0) is 43.5 Å². The summed E-state index contributed by atoms with van der Waals surface area (Å²) in [6, 6.07) is 4.43. The summed E-state index contributed by atoms with van der Waals surface area (Å²) in [4.78, 5) is 7.66. The topological polar surface area (TPSA) is 28.7 Å². The van der Waals surface area contributed by atoms with E-state index in [1.807, 2.05) is 6.20 Å². The van der Waals surface area contributed by atoms with Crippen LogP contribution >= 0.6 is 11.6 Å². The Morgan fingerprint density at radius 3 is 2.53 bits per heavy atom. The molecule has 0 atom stereocenters. The lowest BCUT2D eigenvalue weighted by Crippen LogP contribution is -1.91. The predicted molar refractivity (Wildman–Crippen MR) is 72.7 cm³/mol. The quantitative estimate of drug-likeness (QED) is 0.823. The molecule has 0 fully saturated rings. The fourth-order valence-corrected chi connectivity index (χ4v) is 2.15. The number of nitrogens with one attached hydrogen (secondary N) is 1. The highest BCUT2D eigenvalue weighted by Gasteiger charge is 2.07. The number of H-pyrrole nitrogens is 1. The molecule has 17 heavy (non-hydrogen) atoms. The van der Waals surface area contributed by atoms with Crippen molar-refractivity contribution >= 4 is 11.6 Å². The highest BCUT2D eigenvalue weighted by molar-refractivity contribution is 6.17. The van der Waals surface area contributed by atoms with E-state index in [0.29, 0.717) is 5.88 Å². The van der Waals surface area contributed by atoms with Gasteiger partial charge in [0, 0.05) is 17.9 Å². The zero-order valence-electron chi connectivity index (χ0n) is 10.5. The Hall–Kier alpha value is -1.28. The number of imidazole rings is 1. The van der Waals surface area contributed by atoms with E-state index in [2.05, 4.69) is 42.9 Å². The van der Waals surface area contributed by atoms with Crippen LogP contribution in [0.15, 0.2) is 18.3 Å². The standard InChI is InChI=1S/C14H17ClN2/c1-9-6-11(3)12(7-10(9)2)13-8-16-14(17-13)4-5-15/h6-8H,4-5H2,1-3H3,(H,16,17). The van der Waals surface area contributed by atoms with Crippen LogP contribution in [0.2, 0.25) is 0 Å². The molecule has 0 radical (unpaired) electrons. The second-order valence-electron chi connectivity index (χ2n) is 4.43. The summed E-state index contributed by atoms with van der Waals surface area (Å²) < 4.78 is 0. The van der Waals surface area contributed by atoms with Crippen molar-refractivity contribution in [3.63, 3.8) is 0 Å². The van der Waals surface area contributed by atoms with Crippen LogP contribution in [0.4, 0.5) is 0 Å². The van der Waals surface area contributed by atoms with Gasteiger partial charge in [0.25, 0.3) is 0 Å². The summed E-state index contributed by atoms with van der Waals surface area (Å²) >= 11 is 5.71. The number of aryl methyl sites for hydroxylation is 4. The lowest BCUT2D eigenvalue weighted by atomic mass is 9.99. The fourth-order valence-electron chi connectivity index (χ4n) is 1.97. The third kappa shape index (κ3) is 2.52. The van der Waals surface area contributed by atoms with Crippen LogP contribution in [0, 0.1) is 20.8 Å². The monoisotopic (exact) mass is 248 g/mol. The molecule has 3 heteroatoms. The van der Waals surface area contributed by atoms with E-state index in [4.69, 9.17) is 11.6 Å². The van der Waals surface area contributed by atoms with Crippen LogP contribution in [-0.4, -0.2) is 15.8 Å². The van der Waals surface area contributed by atoms with E-state index >= 15 is 0 Å². The molecule has 0 saturated heterocycles. The lowest BCUT2D eigenvalue weighted by molar-refractivity contribution is 0.996. The molecule has 0 bridgehead atoms. The molecule has 2 nitrogen and oxygen atoms in total. The number of benzene rings is 1.